The van der Waals surface area contributed by atoms with Gasteiger partial charge in [-0.15, -0.1) is 11.3 Å². The maximum Gasteiger partial charge on any atom is 0.265 e. The van der Waals surface area contributed by atoms with Crippen molar-refractivity contribution in [2.45, 2.75) is 0 Å². The lowest BCUT2D eigenvalue weighted by Crippen LogP contribution is -2.36. The Kier molecular flexibility index (Phi) is 4.43. The van der Waals surface area contributed by atoms with Crippen LogP contribution in [0.1, 0.15) is 9.67 Å². The Labute approximate surface area is 132 Å². The van der Waals surface area contributed by atoms with Crippen LogP contribution in [-0.4, -0.2) is 32.2 Å². The Hall–Kier alpha value is -1.56. The van der Waals surface area contributed by atoms with Crippen molar-refractivity contribution in [1.29, 1.82) is 0 Å². The zero-order chi connectivity index (χ0) is 14.7. The molecule has 2 heterocycles. The van der Waals surface area contributed by atoms with Crippen LogP contribution in [0.5, 0.6) is 0 Å². The lowest BCUT2D eigenvalue weighted by Gasteiger charge is -2.29. The second-order valence-corrected chi connectivity index (χ2v) is 6.05. The molecule has 1 N–H and O–H groups in total. The van der Waals surface area contributed by atoms with Crippen molar-refractivity contribution in [1.82, 2.24) is 0 Å². The summed E-state index contributed by atoms with van der Waals surface area (Å²) in [7, 11) is 0. The standard InChI is InChI=1S/C15H15ClN2O2S/c16-12-4-3-11(18-5-7-20-8-6-18)10-13(12)17-15(19)14-2-1-9-21-14/h1-4,9-10H,5-8H2,(H,17,19). The fourth-order valence-electron chi connectivity index (χ4n) is 2.22. The van der Waals surface area contributed by atoms with E-state index in [2.05, 4.69) is 10.2 Å². The summed E-state index contributed by atoms with van der Waals surface area (Å²) in [4.78, 5) is 15.0. The Balaban J connectivity index is 1.79. The molecule has 1 aliphatic heterocycles. The molecule has 0 saturated carbocycles. The van der Waals surface area contributed by atoms with E-state index < -0.39 is 0 Å². The van der Waals surface area contributed by atoms with Gasteiger partial charge in [0.15, 0.2) is 0 Å². The molecule has 0 atom stereocenters. The number of carbonyl (C=O) groups is 1. The van der Waals surface area contributed by atoms with Gasteiger partial charge in [0.2, 0.25) is 0 Å². The molecule has 3 rings (SSSR count). The van der Waals surface area contributed by atoms with Gasteiger partial charge in [0.1, 0.15) is 0 Å². The van der Waals surface area contributed by atoms with Crippen molar-refractivity contribution >= 4 is 40.2 Å². The van der Waals surface area contributed by atoms with Crippen LogP contribution in [0.25, 0.3) is 0 Å². The molecule has 1 saturated heterocycles. The molecule has 0 unspecified atom stereocenters. The van der Waals surface area contributed by atoms with Crippen LogP contribution in [0.4, 0.5) is 11.4 Å². The molecule has 1 aromatic carbocycles. The molecule has 0 radical (unpaired) electrons. The van der Waals surface area contributed by atoms with E-state index in [0.29, 0.717) is 15.6 Å². The number of halogens is 1. The molecule has 1 fully saturated rings. The van der Waals surface area contributed by atoms with Crippen molar-refractivity contribution in [2.24, 2.45) is 0 Å². The van der Waals surface area contributed by atoms with Gasteiger partial charge in [-0.2, -0.15) is 0 Å². The van der Waals surface area contributed by atoms with Gasteiger partial charge in [0, 0.05) is 18.8 Å². The van der Waals surface area contributed by atoms with E-state index in [1.807, 2.05) is 29.6 Å². The molecule has 0 bridgehead atoms. The summed E-state index contributed by atoms with van der Waals surface area (Å²) in [5, 5.41) is 5.29. The summed E-state index contributed by atoms with van der Waals surface area (Å²) in [5.41, 5.74) is 1.68. The highest BCUT2D eigenvalue weighted by Gasteiger charge is 2.14. The normalized spacial score (nSPS) is 15.0. The van der Waals surface area contributed by atoms with Crippen LogP contribution in [0.15, 0.2) is 35.7 Å². The summed E-state index contributed by atoms with van der Waals surface area (Å²) >= 11 is 7.59. The molecule has 1 aliphatic rings. The maximum atomic E-state index is 12.1. The third kappa shape index (κ3) is 3.37. The highest BCUT2D eigenvalue weighted by atomic mass is 35.5. The number of hydrogen-bond acceptors (Lipinski definition) is 4. The third-order valence-electron chi connectivity index (χ3n) is 3.32. The first-order valence-corrected chi connectivity index (χ1v) is 7.97. The van der Waals surface area contributed by atoms with Crippen LogP contribution in [0.2, 0.25) is 5.02 Å². The molecule has 6 heteroatoms. The largest absolute Gasteiger partial charge is 0.378 e. The van der Waals surface area contributed by atoms with Gasteiger partial charge in [0.25, 0.3) is 5.91 Å². The summed E-state index contributed by atoms with van der Waals surface area (Å²) in [5.74, 6) is -0.133. The SMILES string of the molecule is O=C(Nc1cc(N2CCOCC2)ccc1Cl)c1cccs1. The number of thiophene rings is 1. The van der Waals surface area contributed by atoms with E-state index in [9.17, 15) is 4.79 Å². The number of ether oxygens (including phenoxy) is 1. The highest BCUT2D eigenvalue weighted by molar-refractivity contribution is 7.12. The first-order valence-electron chi connectivity index (χ1n) is 6.71. The molecule has 21 heavy (non-hydrogen) atoms. The van der Waals surface area contributed by atoms with Gasteiger partial charge in [0.05, 0.1) is 28.8 Å². The van der Waals surface area contributed by atoms with Crippen LogP contribution < -0.4 is 10.2 Å². The van der Waals surface area contributed by atoms with Crippen LogP contribution in [-0.2, 0) is 4.74 Å². The van der Waals surface area contributed by atoms with Crippen molar-refractivity contribution in [2.75, 3.05) is 36.5 Å². The highest BCUT2D eigenvalue weighted by Crippen LogP contribution is 2.28. The Bertz CT molecular complexity index is 625. The lowest BCUT2D eigenvalue weighted by molar-refractivity contribution is 0.103. The Morgan fingerprint density at radius 1 is 1.29 bits per heavy atom. The first kappa shape index (κ1) is 14.4. The molecular weight excluding hydrogens is 308 g/mol. The maximum absolute atomic E-state index is 12.1. The van der Waals surface area contributed by atoms with E-state index in [1.54, 1.807) is 6.07 Å². The zero-order valence-corrected chi connectivity index (χ0v) is 12.9. The summed E-state index contributed by atoms with van der Waals surface area (Å²) in [6.07, 6.45) is 0. The monoisotopic (exact) mass is 322 g/mol. The Morgan fingerprint density at radius 3 is 2.81 bits per heavy atom. The lowest BCUT2D eigenvalue weighted by atomic mass is 10.2. The predicted octanol–water partition coefficient (Wildman–Crippen LogP) is 3.49. The number of benzene rings is 1. The first-order chi connectivity index (χ1) is 10.2. The molecule has 110 valence electrons. The zero-order valence-electron chi connectivity index (χ0n) is 11.3. The number of nitrogens with zero attached hydrogens (tertiary/aromatic N) is 1. The minimum absolute atomic E-state index is 0.133. The number of amides is 1. The number of rotatable bonds is 3. The quantitative estimate of drug-likeness (QED) is 0.940. The average molecular weight is 323 g/mol. The topological polar surface area (TPSA) is 41.6 Å². The van der Waals surface area contributed by atoms with Crippen LogP contribution in [0.3, 0.4) is 0 Å². The van der Waals surface area contributed by atoms with Crippen molar-refractivity contribution in [3.8, 4) is 0 Å². The van der Waals surface area contributed by atoms with Crippen LogP contribution in [0, 0.1) is 0 Å². The minimum Gasteiger partial charge on any atom is -0.378 e. The van der Waals surface area contributed by atoms with Gasteiger partial charge in [-0.25, -0.2) is 0 Å². The molecule has 0 aliphatic carbocycles. The number of morpholine rings is 1. The molecule has 1 aromatic heterocycles. The van der Waals surface area contributed by atoms with E-state index in [-0.39, 0.29) is 5.91 Å². The molecule has 1 amide bonds. The minimum atomic E-state index is -0.133. The smallest absolute Gasteiger partial charge is 0.265 e. The summed E-state index contributed by atoms with van der Waals surface area (Å²) in [6, 6.07) is 9.34. The third-order valence-corrected chi connectivity index (χ3v) is 4.52. The van der Waals surface area contributed by atoms with Gasteiger partial charge in [-0.1, -0.05) is 17.7 Å². The molecule has 4 nitrogen and oxygen atoms in total. The Morgan fingerprint density at radius 2 is 2.10 bits per heavy atom. The van der Waals surface area contributed by atoms with E-state index in [1.165, 1.54) is 11.3 Å². The molecular formula is C15H15ClN2O2S. The number of nitrogens with one attached hydrogen (secondary N) is 1. The fraction of sp³-hybridized carbons (Fsp3) is 0.267. The van der Waals surface area contributed by atoms with Crippen molar-refractivity contribution in [3.63, 3.8) is 0 Å². The molecule has 0 spiro atoms. The van der Waals surface area contributed by atoms with Gasteiger partial charge in [-0.05, 0) is 29.6 Å². The van der Waals surface area contributed by atoms with E-state index in [4.69, 9.17) is 16.3 Å². The van der Waals surface area contributed by atoms with Gasteiger partial charge in [-0.3, -0.25) is 4.79 Å². The van der Waals surface area contributed by atoms with E-state index >= 15 is 0 Å². The van der Waals surface area contributed by atoms with Gasteiger partial charge >= 0.3 is 0 Å². The number of carbonyl (C=O) groups excluding carboxylic acids is 1. The molecule has 2 aromatic rings. The fourth-order valence-corrected chi connectivity index (χ4v) is 3.00. The van der Waals surface area contributed by atoms with E-state index in [0.717, 1.165) is 32.0 Å². The number of hydrogen-bond donors (Lipinski definition) is 1. The van der Waals surface area contributed by atoms with Crippen LogP contribution >= 0.6 is 22.9 Å². The van der Waals surface area contributed by atoms with Gasteiger partial charge < -0.3 is 15.0 Å². The number of anilines is 2. The average Bonchev–Trinajstić information content (AvgIpc) is 3.05. The summed E-state index contributed by atoms with van der Waals surface area (Å²) < 4.78 is 5.35. The summed E-state index contributed by atoms with van der Waals surface area (Å²) in [6.45, 7) is 3.14. The van der Waals surface area contributed by atoms with Crippen molar-refractivity contribution in [3.05, 3.63) is 45.6 Å². The predicted molar refractivity (Wildman–Crippen MR) is 86.8 cm³/mol. The second-order valence-electron chi connectivity index (χ2n) is 4.69. The second kappa shape index (κ2) is 6.47. The van der Waals surface area contributed by atoms with Crippen molar-refractivity contribution < 1.29 is 9.53 Å².